The number of hydrogen-bond donors (Lipinski definition) is 1. The van der Waals surface area contributed by atoms with E-state index in [-0.39, 0.29) is 40.0 Å². The van der Waals surface area contributed by atoms with E-state index < -0.39 is 11.4 Å². The summed E-state index contributed by atoms with van der Waals surface area (Å²) in [6, 6.07) is 5.28. The first-order chi connectivity index (χ1) is 21.7. The summed E-state index contributed by atoms with van der Waals surface area (Å²) in [7, 11) is 4.06. The molecule has 46 heavy (non-hydrogen) atoms. The predicted octanol–water partition coefficient (Wildman–Crippen LogP) is 5.67. The van der Waals surface area contributed by atoms with E-state index in [0.717, 1.165) is 5.56 Å². The number of aromatic amines is 1. The second-order valence-corrected chi connectivity index (χ2v) is 14.1. The monoisotopic (exact) mass is 650 g/mol. The number of halogens is 2. The minimum absolute atomic E-state index is 0.134. The number of ether oxygens (including phenoxy) is 1. The lowest BCUT2D eigenvalue weighted by Gasteiger charge is -2.46. The number of benzene rings is 2. The van der Waals surface area contributed by atoms with Crippen molar-refractivity contribution in [1.82, 2.24) is 30.0 Å². The number of likely N-dealkylation sites (N-methyl/N-ethyl adjacent to an activating group) is 1. The van der Waals surface area contributed by atoms with E-state index in [4.69, 9.17) is 26.3 Å². The number of H-pyrrole nitrogens is 1. The van der Waals surface area contributed by atoms with Crippen molar-refractivity contribution in [3.63, 3.8) is 0 Å². The van der Waals surface area contributed by atoms with Crippen LogP contribution in [0, 0.1) is 12.7 Å². The van der Waals surface area contributed by atoms with Gasteiger partial charge in [-0.05, 0) is 73.3 Å². The van der Waals surface area contributed by atoms with E-state index in [1.807, 2.05) is 66.6 Å². The summed E-state index contributed by atoms with van der Waals surface area (Å²) in [6.45, 7) is 13.6. The molecule has 0 aliphatic carbocycles. The second-order valence-electron chi connectivity index (χ2n) is 13.7. The number of piperazine rings is 1. The number of nitrogens with zero attached hydrogens (tertiary/aromatic N) is 7. The number of carbonyl (C=O) groups excluding carboxylic acids is 2. The summed E-state index contributed by atoms with van der Waals surface area (Å²) in [5.41, 5.74) is 1.68. The highest BCUT2D eigenvalue weighted by atomic mass is 35.5. The molecular formula is C33H40ClFN8O3. The molecule has 13 heteroatoms. The Morgan fingerprint density at radius 2 is 1.83 bits per heavy atom. The molecule has 4 aromatic rings. The Labute approximate surface area is 272 Å². The number of anilines is 2. The standard InChI is InChI=1S/C33H40ClFN8O3/c1-17-9-10-23-27(24(16-44)39-38-23)25(17)26-22(34)11-21-29(28(26)35)36-31(41-14-20(15-41)40(7)8)37-30(21)42-12-19(3)43(13-18(42)2)32(45)46-33(4,5)6/h9-11,16,18-20H,12-15H2,1-8H3,(H,38,39)/t18-,19+/m0/s1. The first-order valence-corrected chi connectivity index (χ1v) is 15.9. The van der Waals surface area contributed by atoms with Crippen LogP contribution in [0.25, 0.3) is 32.9 Å². The molecule has 2 fully saturated rings. The predicted molar refractivity (Wildman–Crippen MR) is 179 cm³/mol. The summed E-state index contributed by atoms with van der Waals surface area (Å²) in [5, 5.41) is 8.13. The van der Waals surface area contributed by atoms with Crippen LogP contribution in [0.2, 0.25) is 5.02 Å². The zero-order valence-corrected chi connectivity index (χ0v) is 28.2. The maximum atomic E-state index is 17.1. The first kappa shape index (κ1) is 31.9. The molecule has 1 N–H and O–H groups in total. The fraction of sp³-hybridized carbons (Fsp3) is 0.485. The lowest BCUT2D eigenvalue weighted by Crippen LogP contribution is -2.59. The lowest BCUT2D eigenvalue weighted by atomic mass is 9.94. The van der Waals surface area contributed by atoms with Gasteiger partial charge in [0, 0.05) is 66.2 Å². The molecule has 0 saturated carbocycles. The molecule has 4 heterocycles. The Bertz CT molecular complexity index is 1850. The Hall–Kier alpha value is -4.03. The molecule has 0 radical (unpaired) electrons. The van der Waals surface area contributed by atoms with E-state index in [0.29, 0.717) is 72.1 Å². The van der Waals surface area contributed by atoms with Gasteiger partial charge in [0.1, 0.15) is 22.6 Å². The van der Waals surface area contributed by atoms with Crippen LogP contribution in [0.15, 0.2) is 18.2 Å². The van der Waals surface area contributed by atoms with Gasteiger partial charge < -0.3 is 24.3 Å². The smallest absolute Gasteiger partial charge is 0.410 e. The highest BCUT2D eigenvalue weighted by Gasteiger charge is 2.38. The van der Waals surface area contributed by atoms with Crippen LogP contribution < -0.4 is 9.80 Å². The van der Waals surface area contributed by atoms with Crippen LogP contribution in [-0.2, 0) is 4.74 Å². The Morgan fingerprint density at radius 3 is 2.48 bits per heavy atom. The number of aryl methyl sites for hydroxylation is 1. The van der Waals surface area contributed by atoms with E-state index in [9.17, 15) is 9.59 Å². The van der Waals surface area contributed by atoms with Crippen molar-refractivity contribution in [2.24, 2.45) is 0 Å². The van der Waals surface area contributed by atoms with Gasteiger partial charge >= 0.3 is 6.09 Å². The van der Waals surface area contributed by atoms with Crippen LogP contribution in [0.1, 0.15) is 50.7 Å². The van der Waals surface area contributed by atoms with Crippen LogP contribution in [-0.4, -0.2) is 106 Å². The number of hydrogen-bond acceptors (Lipinski definition) is 9. The number of fused-ring (bicyclic) bond motifs is 2. The van der Waals surface area contributed by atoms with Crippen LogP contribution in [0.3, 0.4) is 0 Å². The summed E-state index contributed by atoms with van der Waals surface area (Å²) in [6.07, 6.45) is 0.306. The topological polar surface area (TPSA) is 111 Å². The molecule has 2 aliphatic heterocycles. The first-order valence-electron chi connectivity index (χ1n) is 15.5. The quantitative estimate of drug-likeness (QED) is 0.273. The van der Waals surface area contributed by atoms with Gasteiger partial charge in [-0.3, -0.25) is 9.89 Å². The highest BCUT2D eigenvalue weighted by Crippen LogP contribution is 2.43. The fourth-order valence-electron chi connectivity index (χ4n) is 6.35. The Morgan fingerprint density at radius 1 is 1.11 bits per heavy atom. The van der Waals surface area contributed by atoms with Gasteiger partial charge in [-0.15, -0.1) is 0 Å². The zero-order valence-electron chi connectivity index (χ0n) is 27.5. The molecule has 2 saturated heterocycles. The summed E-state index contributed by atoms with van der Waals surface area (Å²) >= 11 is 6.96. The minimum Gasteiger partial charge on any atom is -0.444 e. The number of nitrogens with one attached hydrogen (secondary N) is 1. The molecule has 0 spiro atoms. The molecule has 11 nitrogen and oxygen atoms in total. The van der Waals surface area contributed by atoms with Crippen LogP contribution in [0.5, 0.6) is 0 Å². The molecule has 0 unspecified atom stereocenters. The molecule has 2 aromatic carbocycles. The molecule has 1 amide bonds. The van der Waals surface area contributed by atoms with Gasteiger partial charge in [-0.25, -0.2) is 14.2 Å². The number of carbonyl (C=O) groups is 2. The molecule has 6 rings (SSSR count). The van der Waals surface area contributed by atoms with Crippen molar-refractivity contribution >= 4 is 57.6 Å². The molecule has 244 valence electrons. The maximum absolute atomic E-state index is 17.1. The second kappa shape index (κ2) is 11.6. The summed E-state index contributed by atoms with van der Waals surface area (Å²) < 4.78 is 22.8. The Kier molecular flexibility index (Phi) is 8.08. The number of rotatable bonds is 5. The molecular weight excluding hydrogens is 611 g/mol. The third-order valence-electron chi connectivity index (χ3n) is 8.94. The normalized spacial score (nSPS) is 19.3. The van der Waals surface area contributed by atoms with E-state index in [1.54, 1.807) is 17.0 Å². The van der Waals surface area contributed by atoms with Crippen molar-refractivity contribution in [3.05, 3.63) is 40.3 Å². The number of aromatic nitrogens is 4. The van der Waals surface area contributed by atoms with Gasteiger partial charge in [0.15, 0.2) is 12.1 Å². The maximum Gasteiger partial charge on any atom is 0.410 e. The van der Waals surface area contributed by atoms with E-state index in [2.05, 4.69) is 20.0 Å². The van der Waals surface area contributed by atoms with E-state index in [1.165, 1.54) is 0 Å². The molecule has 0 bridgehead atoms. The van der Waals surface area contributed by atoms with Crippen molar-refractivity contribution in [3.8, 4) is 11.1 Å². The molecule has 2 atom stereocenters. The van der Waals surface area contributed by atoms with Gasteiger partial charge in [0.05, 0.1) is 10.5 Å². The summed E-state index contributed by atoms with van der Waals surface area (Å²) in [4.78, 5) is 42.9. The lowest BCUT2D eigenvalue weighted by molar-refractivity contribution is 0.0130. The third kappa shape index (κ3) is 5.51. The minimum atomic E-state index is -0.617. The SMILES string of the molecule is Cc1ccc2n[nH]c(C=O)c2c1-c1c(Cl)cc2c(N3C[C@@H](C)N(C(=O)OC(C)(C)C)C[C@@H]3C)nc(N3CC(N(C)C)C3)nc2c1F. The van der Waals surface area contributed by atoms with Gasteiger partial charge in [0.25, 0.3) is 0 Å². The van der Waals surface area contributed by atoms with Gasteiger partial charge in [-0.1, -0.05) is 17.7 Å². The fourth-order valence-corrected chi connectivity index (χ4v) is 6.63. The number of aldehydes is 1. The zero-order chi connectivity index (χ0) is 33.2. The number of amides is 1. The van der Waals surface area contributed by atoms with E-state index >= 15 is 4.39 Å². The van der Waals surface area contributed by atoms with Crippen molar-refractivity contribution in [2.75, 3.05) is 50.1 Å². The van der Waals surface area contributed by atoms with Crippen molar-refractivity contribution in [2.45, 2.75) is 65.3 Å². The average Bonchev–Trinajstić information content (AvgIpc) is 3.36. The van der Waals surface area contributed by atoms with Gasteiger partial charge in [-0.2, -0.15) is 10.1 Å². The van der Waals surface area contributed by atoms with Gasteiger partial charge in [0.2, 0.25) is 5.95 Å². The van der Waals surface area contributed by atoms with Crippen LogP contribution >= 0.6 is 11.6 Å². The largest absolute Gasteiger partial charge is 0.444 e. The van der Waals surface area contributed by atoms with Crippen molar-refractivity contribution in [1.29, 1.82) is 0 Å². The van der Waals surface area contributed by atoms with Crippen molar-refractivity contribution < 1.29 is 18.7 Å². The molecule has 2 aliphatic rings. The third-order valence-corrected chi connectivity index (χ3v) is 9.24. The average molecular weight is 651 g/mol. The van der Waals surface area contributed by atoms with Crippen LogP contribution in [0.4, 0.5) is 21.0 Å². The highest BCUT2D eigenvalue weighted by molar-refractivity contribution is 6.35. The Balaban J connectivity index is 1.51. The summed E-state index contributed by atoms with van der Waals surface area (Å²) in [5.74, 6) is 0.378. The molecule has 2 aromatic heterocycles.